The van der Waals surface area contributed by atoms with Crippen molar-refractivity contribution < 1.29 is 22.7 Å². The van der Waals surface area contributed by atoms with Crippen LogP contribution in [0.5, 0.6) is 5.75 Å². The van der Waals surface area contributed by atoms with E-state index in [9.17, 15) is 18.3 Å². The number of phenols is 1. The van der Waals surface area contributed by atoms with E-state index in [-0.39, 0.29) is 33.8 Å². The number of benzene rings is 2. The van der Waals surface area contributed by atoms with Crippen LogP contribution >= 0.6 is 0 Å². The standard InChI is InChI=1S/C21H19NO5S/c23-17-7-6-15-10-11-22(13-16(15)12-17)21(24)20-9-8-18(27-20)14-28(25,26)19-4-2-1-3-5-19/h1-9,12,23H,10-11,13-14H2. The van der Waals surface area contributed by atoms with Crippen LogP contribution in [-0.2, 0) is 28.6 Å². The van der Waals surface area contributed by atoms with Crippen molar-refractivity contribution in [3.05, 3.63) is 83.3 Å². The lowest BCUT2D eigenvalue weighted by Gasteiger charge is -2.28. The summed E-state index contributed by atoms with van der Waals surface area (Å²) in [6.07, 6.45) is 0.692. The smallest absolute Gasteiger partial charge is 0.289 e. The number of nitrogens with zero attached hydrogens (tertiary/aromatic N) is 1. The molecule has 1 aliphatic heterocycles. The Hall–Kier alpha value is -3.06. The average Bonchev–Trinajstić information content (AvgIpc) is 3.15. The number of sulfone groups is 1. The Bertz CT molecular complexity index is 1120. The van der Waals surface area contributed by atoms with Crippen LogP contribution in [0.4, 0.5) is 0 Å². The number of carbonyl (C=O) groups excluding carboxylic acids is 1. The minimum absolute atomic E-state index is 0.113. The zero-order valence-corrected chi connectivity index (χ0v) is 15.9. The van der Waals surface area contributed by atoms with Crippen LogP contribution < -0.4 is 0 Å². The van der Waals surface area contributed by atoms with Crippen LogP contribution in [0.1, 0.15) is 27.4 Å². The molecule has 0 saturated heterocycles. The second-order valence-corrected chi connectivity index (χ2v) is 8.76. The summed E-state index contributed by atoms with van der Waals surface area (Å²) in [6.45, 7) is 0.913. The van der Waals surface area contributed by atoms with E-state index in [0.29, 0.717) is 19.5 Å². The number of fused-ring (bicyclic) bond motifs is 1. The molecule has 6 nitrogen and oxygen atoms in total. The van der Waals surface area contributed by atoms with Crippen LogP contribution in [0.2, 0.25) is 0 Å². The van der Waals surface area contributed by atoms with Crippen molar-refractivity contribution in [3.8, 4) is 5.75 Å². The van der Waals surface area contributed by atoms with Gasteiger partial charge in [-0.3, -0.25) is 4.79 Å². The second kappa shape index (κ2) is 7.16. The molecule has 1 aliphatic rings. The van der Waals surface area contributed by atoms with Gasteiger partial charge < -0.3 is 14.4 Å². The summed E-state index contributed by atoms with van der Waals surface area (Å²) in [4.78, 5) is 14.6. The van der Waals surface area contributed by atoms with E-state index in [1.165, 1.54) is 24.3 Å². The summed E-state index contributed by atoms with van der Waals surface area (Å²) in [7, 11) is -3.54. The third-order valence-corrected chi connectivity index (χ3v) is 6.45. The summed E-state index contributed by atoms with van der Waals surface area (Å²) in [5.74, 6) is -0.0954. The molecular formula is C21H19NO5S. The van der Waals surface area contributed by atoms with Crippen LogP contribution in [0, 0.1) is 0 Å². The molecule has 0 saturated carbocycles. The number of rotatable bonds is 4. The highest BCUT2D eigenvalue weighted by Crippen LogP contribution is 2.25. The van der Waals surface area contributed by atoms with Gasteiger partial charge in [0.1, 0.15) is 17.3 Å². The average molecular weight is 397 g/mol. The molecule has 1 aromatic heterocycles. The number of phenolic OH excluding ortho intramolecular Hbond substituents is 1. The zero-order valence-electron chi connectivity index (χ0n) is 15.0. The molecule has 0 fully saturated rings. The van der Waals surface area contributed by atoms with Crippen LogP contribution in [0.3, 0.4) is 0 Å². The van der Waals surface area contributed by atoms with Crippen molar-refractivity contribution in [1.82, 2.24) is 4.90 Å². The fourth-order valence-corrected chi connectivity index (χ4v) is 4.61. The van der Waals surface area contributed by atoms with Gasteiger partial charge in [-0.15, -0.1) is 0 Å². The van der Waals surface area contributed by atoms with E-state index in [1.807, 2.05) is 6.07 Å². The minimum atomic E-state index is -3.54. The zero-order chi connectivity index (χ0) is 19.7. The third kappa shape index (κ3) is 3.66. The lowest BCUT2D eigenvalue weighted by Crippen LogP contribution is -2.35. The first-order valence-corrected chi connectivity index (χ1v) is 10.5. The van der Waals surface area contributed by atoms with Gasteiger partial charge in [0.15, 0.2) is 15.6 Å². The molecule has 1 amide bonds. The predicted molar refractivity (Wildman–Crippen MR) is 103 cm³/mol. The molecule has 28 heavy (non-hydrogen) atoms. The fourth-order valence-electron chi connectivity index (χ4n) is 3.34. The predicted octanol–water partition coefficient (Wildman–Crippen LogP) is 3.16. The topological polar surface area (TPSA) is 87.8 Å². The van der Waals surface area contributed by atoms with Crippen molar-refractivity contribution in [2.75, 3.05) is 6.54 Å². The molecule has 0 spiro atoms. The normalized spacial score (nSPS) is 13.9. The van der Waals surface area contributed by atoms with Gasteiger partial charge in [0.25, 0.3) is 5.91 Å². The largest absolute Gasteiger partial charge is 0.508 e. The van der Waals surface area contributed by atoms with E-state index in [1.54, 1.807) is 35.2 Å². The molecule has 3 aromatic rings. The number of aromatic hydroxyl groups is 1. The second-order valence-electron chi connectivity index (χ2n) is 6.77. The number of carbonyl (C=O) groups is 1. The summed E-state index contributed by atoms with van der Waals surface area (Å²) in [5.41, 5.74) is 2.01. The van der Waals surface area contributed by atoms with E-state index in [2.05, 4.69) is 0 Å². The molecule has 0 bridgehead atoms. The minimum Gasteiger partial charge on any atom is -0.508 e. The maximum Gasteiger partial charge on any atom is 0.289 e. The van der Waals surface area contributed by atoms with Crippen molar-refractivity contribution in [1.29, 1.82) is 0 Å². The number of amides is 1. The van der Waals surface area contributed by atoms with Gasteiger partial charge in [0.2, 0.25) is 0 Å². The quantitative estimate of drug-likeness (QED) is 0.731. The molecule has 2 aromatic carbocycles. The summed E-state index contributed by atoms with van der Waals surface area (Å²) in [6, 6.07) is 16.3. The number of hydrogen-bond acceptors (Lipinski definition) is 5. The highest BCUT2D eigenvalue weighted by atomic mass is 32.2. The monoisotopic (exact) mass is 397 g/mol. The molecule has 7 heteroatoms. The molecular weight excluding hydrogens is 378 g/mol. The first-order chi connectivity index (χ1) is 13.4. The first kappa shape index (κ1) is 18.3. The maximum atomic E-state index is 12.8. The van der Waals surface area contributed by atoms with Gasteiger partial charge in [-0.05, 0) is 53.9 Å². The Morgan fingerprint density at radius 1 is 1.04 bits per heavy atom. The van der Waals surface area contributed by atoms with Crippen LogP contribution in [-0.4, -0.2) is 30.9 Å². The van der Waals surface area contributed by atoms with Gasteiger partial charge in [0, 0.05) is 13.1 Å². The van der Waals surface area contributed by atoms with E-state index < -0.39 is 9.84 Å². The first-order valence-electron chi connectivity index (χ1n) is 8.89. The Labute approximate surface area is 162 Å². The Kier molecular flexibility index (Phi) is 4.68. The lowest BCUT2D eigenvalue weighted by atomic mass is 9.99. The number of hydrogen-bond donors (Lipinski definition) is 1. The van der Waals surface area contributed by atoms with Crippen LogP contribution in [0.15, 0.2) is 70.0 Å². The highest BCUT2D eigenvalue weighted by Gasteiger charge is 2.25. The maximum absolute atomic E-state index is 12.8. The molecule has 0 atom stereocenters. The molecule has 2 heterocycles. The molecule has 0 radical (unpaired) electrons. The summed E-state index contributed by atoms with van der Waals surface area (Å²) >= 11 is 0. The summed E-state index contributed by atoms with van der Waals surface area (Å²) in [5, 5.41) is 9.66. The Morgan fingerprint density at radius 3 is 2.61 bits per heavy atom. The highest BCUT2D eigenvalue weighted by molar-refractivity contribution is 7.90. The molecule has 4 rings (SSSR count). The Morgan fingerprint density at radius 2 is 1.82 bits per heavy atom. The van der Waals surface area contributed by atoms with Gasteiger partial charge >= 0.3 is 0 Å². The fraction of sp³-hybridized carbons (Fsp3) is 0.190. The van der Waals surface area contributed by atoms with Gasteiger partial charge in [-0.1, -0.05) is 24.3 Å². The molecule has 1 N–H and O–H groups in total. The lowest BCUT2D eigenvalue weighted by molar-refractivity contribution is 0.0700. The molecule has 0 aliphatic carbocycles. The van der Waals surface area contributed by atoms with E-state index in [0.717, 1.165) is 11.1 Å². The van der Waals surface area contributed by atoms with Gasteiger partial charge in [-0.25, -0.2) is 8.42 Å². The van der Waals surface area contributed by atoms with Crippen molar-refractivity contribution in [2.24, 2.45) is 0 Å². The van der Waals surface area contributed by atoms with Gasteiger partial charge in [-0.2, -0.15) is 0 Å². The molecule has 0 unspecified atom stereocenters. The van der Waals surface area contributed by atoms with Crippen LogP contribution in [0.25, 0.3) is 0 Å². The Balaban J connectivity index is 1.49. The number of furan rings is 1. The third-order valence-electron chi connectivity index (χ3n) is 4.80. The van der Waals surface area contributed by atoms with Crippen molar-refractivity contribution in [2.45, 2.75) is 23.6 Å². The van der Waals surface area contributed by atoms with E-state index >= 15 is 0 Å². The van der Waals surface area contributed by atoms with E-state index in [4.69, 9.17) is 4.42 Å². The van der Waals surface area contributed by atoms with Crippen molar-refractivity contribution in [3.63, 3.8) is 0 Å². The molecule has 144 valence electrons. The van der Waals surface area contributed by atoms with Crippen molar-refractivity contribution >= 4 is 15.7 Å². The van der Waals surface area contributed by atoms with Gasteiger partial charge in [0.05, 0.1) is 4.90 Å². The SMILES string of the molecule is O=C(c1ccc(CS(=O)(=O)c2ccccc2)o1)N1CCc2ccc(O)cc2C1. The summed E-state index contributed by atoms with van der Waals surface area (Å²) < 4.78 is 30.5.